The molecule has 1 aromatic heterocycles. The molecule has 0 bridgehead atoms. The summed E-state index contributed by atoms with van der Waals surface area (Å²) in [4.78, 5) is 15.9. The molecule has 33 heavy (non-hydrogen) atoms. The van der Waals surface area contributed by atoms with E-state index in [4.69, 9.17) is 9.47 Å². The first-order chi connectivity index (χ1) is 15.8. The van der Waals surface area contributed by atoms with E-state index in [1.165, 1.54) is 18.2 Å². The maximum atomic E-state index is 13.3. The van der Waals surface area contributed by atoms with E-state index < -0.39 is 17.6 Å². The Labute approximate surface area is 193 Å². The van der Waals surface area contributed by atoms with E-state index in [0.29, 0.717) is 24.5 Å². The van der Waals surface area contributed by atoms with Crippen LogP contribution in [0.25, 0.3) is 0 Å². The Morgan fingerprint density at radius 2 is 1.85 bits per heavy atom. The minimum atomic E-state index is -4.55. The number of methoxy groups -OCH3 is 2. The van der Waals surface area contributed by atoms with Crippen molar-refractivity contribution >= 4 is 22.9 Å². The monoisotopic (exact) mass is 476 g/mol. The van der Waals surface area contributed by atoms with Gasteiger partial charge in [0.25, 0.3) is 0 Å². The Bertz CT molecular complexity index is 1130. The van der Waals surface area contributed by atoms with Crippen molar-refractivity contribution in [2.45, 2.75) is 18.6 Å². The standard InChI is InChI=1S/C24H23F3N2O3S/c1-31-19-12-15-9-10-29(23(21-8-5-11-33-21)16(15)13-20(19)32-2)14-22(30)28-18-7-4-3-6-17(18)24(25,26)27/h3-8,11-13,23H,9-10,14H2,1-2H3,(H,28,30)/t23-/m0/s1. The molecule has 4 rings (SSSR count). The number of benzene rings is 2. The minimum absolute atomic E-state index is 0.0530. The number of anilines is 1. The number of nitrogens with zero attached hydrogens (tertiary/aromatic N) is 1. The molecule has 2 heterocycles. The smallest absolute Gasteiger partial charge is 0.418 e. The first-order valence-corrected chi connectivity index (χ1v) is 11.2. The van der Waals surface area contributed by atoms with Crippen molar-refractivity contribution in [3.63, 3.8) is 0 Å². The van der Waals surface area contributed by atoms with Crippen molar-refractivity contribution in [2.24, 2.45) is 0 Å². The molecule has 174 valence electrons. The van der Waals surface area contributed by atoms with Gasteiger partial charge in [0.15, 0.2) is 11.5 Å². The highest BCUT2D eigenvalue weighted by Crippen LogP contribution is 2.42. The van der Waals surface area contributed by atoms with E-state index in [1.807, 2.05) is 34.5 Å². The molecule has 1 N–H and O–H groups in total. The molecule has 0 fully saturated rings. The van der Waals surface area contributed by atoms with Crippen molar-refractivity contribution in [3.8, 4) is 11.5 Å². The highest BCUT2D eigenvalue weighted by Gasteiger charge is 2.35. The quantitative estimate of drug-likeness (QED) is 0.520. The summed E-state index contributed by atoms with van der Waals surface area (Å²) in [5, 5.41) is 4.41. The van der Waals surface area contributed by atoms with Crippen molar-refractivity contribution in [1.82, 2.24) is 4.90 Å². The van der Waals surface area contributed by atoms with Gasteiger partial charge in [-0.05, 0) is 53.3 Å². The number of carbonyl (C=O) groups excluding carboxylic acids is 1. The van der Waals surface area contributed by atoms with Crippen LogP contribution in [0, 0.1) is 0 Å². The maximum absolute atomic E-state index is 13.3. The van der Waals surface area contributed by atoms with Gasteiger partial charge in [-0.3, -0.25) is 9.69 Å². The first kappa shape index (κ1) is 23.1. The lowest BCUT2D eigenvalue weighted by Crippen LogP contribution is -2.41. The summed E-state index contributed by atoms with van der Waals surface area (Å²) in [6.45, 7) is 0.516. The molecule has 0 spiro atoms. The first-order valence-electron chi connectivity index (χ1n) is 10.3. The van der Waals surface area contributed by atoms with E-state index in [2.05, 4.69) is 5.32 Å². The summed E-state index contributed by atoms with van der Waals surface area (Å²) in [7, 11) is 3.15. The third-order valence-corrected chi connectivity index (χ3v) is 6.56. The van der Waals surface area contributed by atoms with Crippen LogP contribution in [0.15, 0.2) is 53.9 Å². The fraction of sp³-hybridized carbons (Fsp3) is 0.292. The molecule has 1 atom stereocenters. The third kappa shape index (κ3) is 4.84. The zero-order valence-electron chi connectivity index (χ0n) is 18.1. The van der Waals surface area contributed by atoms with Gasteiger partial charge in [-0.2, -0.15) is 13.2 Å². The van der Waals surface area contributed by atoms with Gasteiger partial charge >= 0.3 is 6.18 Å². The summed E-state index contributed by atoms with van der Waals surface area (Å²) in [6, 6.07) is 12.6. The van der Waals surface area contributed by atoms with Gasteiger partial charge in [-0.1, -0.05) is 18.2 Å². The number of halogens is 3. The van der Waals surface area contributed by atoms with Crippen molar-refractivity contribution < 1.29 is 27.4 Å². The summed E-state index contributed by atoms with van der Waals surface area (Å²) in [5.74, 6) is 0.719. The SMILES string of the molecule is COc1cc2c(cc1OC)[C@@H](c1cccs1)N(CC(=O)Nc1ccccc1C(F)(F)F)CC2. The van der Waals surface area contributed by atoms with Crippen LogP contribution in [-0.2, 0) is 17.4 Å². The van der Waals surface area contributed by atoms with Gasteiger partial charge in [0.2, 0.25) is 5.91 Å². The van der Waals surface area contributed by atoms with Crippen molar-refractivity contribution in [3.05, 3.63) is 75.5 Å². The Morgan fingerprint density at radius 3 is 2.52 bits per heavy atom. The predicted molar refractivity (Wildman–Crippen MR) is 121 cm³/mol. The summed E-state index contributed by atoms with van der Waals surface area (Å²) >= 11 is 1.56. The molecule has 1 aliphatic rings. The van der Waals surface area contributed by atoms with E-state index in [1.54, 1.807) is 25.6 Å². The number of ether oxygens (including phenoxy) is 2. The highest BCUT2D eigenvalue weighted by molar-refractivity contribution is 7.10. The number of alkyl halides is 3. The van der Waals surface area contributed by atoms with Crippen LogP contribution in [0.3, 0.4) is 0 Å². The molecular formula is C24H23F3N2O3S. The maximum Gasteiger partial charge on any atom is 0.418 e. The molecule has 2 aromatic carbocycles. The Kier molecular flexibility index (Phi) is 6.62. The number of hydrogen-bond donors (Lipinski definition) is 1. The fourth-order valence-electron chi connectivity index (χ4n) is 4.16. The molecule has 3 aromatic rings. The van der Waals surface area contributed by atoms with Crippen LogP contribution >= 0.6 is 11.3 Å². The lowest BCUT2D eigenvalue weighted by Gasteiger charge is -2.37. The molecule has 1 amide bonds. The second-order valence-electron chi connectivity index (χ2n) is 7.64. The van der Waals surface area contributed by atoms with Gasteiger partial charge in [-0.15, -0.1) is 11.3 Å². The molecule has 9 heteroatoms. The molecule has 5 nitrogen and oxygen atoms in total. The Hall–Kier alpha value is -3.04. The largest absolute Gasteiger partial charge is 0.493 e. The molecule has 1 aliphatic heterocycles. The summed E-state index contributed by atoms with van der Waals surface area (Å²) in [6.07, 6.45) is -3.88. The van der Waals surface area contributed by atoms with E-state index in [-0.39, 0.29) is 18.3 Å². The van der Waals surface area contributed by atoms with Crippen molar-refractivity contribution in [1.29, 1.82) is 0 Å². The van der Waals surface area contributed by atoms with Crippen LogP contribution in [-0.4, -0.2) is 38.1 Å². The fourth-order valence-corrected chi connectivity index (χ4v) is 5.04. The number of fused-ring (bicyclic) bond motifs is 1. The van der Waals surface area contributed by atoms with E-state index in [0.717, 1.165) is 22.1 Å². The molecular weight excluding hydrogens is 453 g/mol. The van der Waals surface area contributed by atoms with Crippen LogP contribution in [0.5, 0.6) is 11.5 Å². The zero-order valence-corrected chi connectivity index (χ0v) is 18.9. The Balaban J connectivity index is 1.63. The van der Waals surface area contributed by atoms with Crippen LogP contribution in [0.1, 0.15) is 27.6 Å². The van der Waals surface area contributed by atoms with Crippen molar-refractivity contribution in [2.75, 3.05) is 32.6 Å². The second-order valence-corrected chi connectivity index (χ2v) is 8.62. The van der Waals surface area contributed by atoms with E-state index >= 15 is 0 Å². The van der Waals surface area contributed by atoms with Gasteiger partial charge in [0.05, 0.1) is 38.1 Å². The lowest BCUT2D eigenvalue weighted by atomic mass is 9.91. The second kappa shape index (κ2) is 9.44. The number of amides is 1. The van der Waals surface area contributed by atoms with E-state index in [9.17, 15) is 18.0 Å². The van der Waals surface area contributed by atoms with Crippen LogP contribution in [0.4, 0.5) is 18.9 Å². The number of nitrogens with one attached hydrogen (secondary N) is 1. The zero-order chi connectivity index (χ0) is 23.6. The summed E-state index contributed by atoms with van der Waals surface area (Å²) in [5.41, 5.74) is 0.968. The van der Waals surface area contributed by atoms with Gasteiger partial charge < -0.3 is 14.8 Å². The number of rotatable bonds is 6. The average molecular weight is 477 g/mol. The van der Waals surface area contributed by atoms with Gasteiger partial charge in [0, 0.05) is 11.4 Å². The number of para-hydroxylation sites is 1. The lowest BCUT2D eigenvalue weighted by molar-refractivity contribution is -0.137. The summed E-state index contributed by atoms with van der Waals surface area (Å²) < 4.78 is 50.9. The molecule has 0 aliphatic carbocycles. The highest BCUT2D eigenvalue weighted by atomic mass is 32.1. The molecule has 0 unspecified atom stereocenters. The third-order valence-electron chi connectivity index (χ3n) is 5.64. The number of carbonyl (C=O) groups is 1. The predicted octanol–water partition coefficient (Wildman–Crippen LogP) is 5.37. The topological polar surface area (TPSA) is 50.8 Å². The number of thiophene rings is 1. The molecule has 0 radical (unpaired) electrons. The Morgan fingerprint density at radius 1 is 1.12 bits per heavy atom. The molecule has 0 saturated carbocycles. The number of hydrogen-bond acceptors (Lipinski definition) is 5. The molecule has 0 saturated heterocycles. The van der Waals surface area contributed by atoms with Gasteiger partial charge in [-0.25, -0.2) is 0 Å². The van der Waals surface area contributed by atoms with Crippen LogP contribution in [0.2, 0.25) is 0 Å². The van der Waals surface area contributed by atoms with Crippen LogP contribution < -0.4 is 14.8 Å². The van der Waals surface area contributed by atoms with Gasteiger partial charge in [0.1, 0.15) is 0 Å². The average Bonchev–Trinajstić information content (AvgIpc) is 3.32. The minimum Gasteiger partial charge on any atom is -0.493 e. The normalized spacial score (nSPS) is 16.2.